The van der Waals surface area contributed by atoms with Crippen molar-refractivity contribution in [3.63, 3.8) is 0 Å². The number of hydrogen-bond acceptors (Lipinski definition) is 5. The maximum Gasteiger partial charge on any atom is 0.259 e. The summed E-state index contributed by atoms with van der Waals surface area (Å²) in [6, 6.07) is 9.97. The molecule has 0 aliphatic carbocycles. The summed E-state index contributed by atoms with van der Waals surface area (Å²) >= 11 is 1.55. The molecule has 0 aromatic heterocycles. The van der Waals surface area contributed by atoms with Crippen molar-refractivity contribution in [1.29, 1.82) is 0 Å². The van der Waals surface area contributed by atoms with E-state index in [1.165, 1.54) is 33.3 Å². The summed E-state index contributed by atoms with van der Waals surface area (Å²) in [6.07, 6.45) is 1.94. The highest BCUT2D eigenvalue weighted by molar-refractivity contribution is 7.98. The molecule has 0 spiro atoms. The van der Waals surface area contributed by atoms with E-state index in [2.05, 4.69) is 5.32 Å². The van der Waals surface area contributed by atoms with Gasteiger partial charge in [-0.1, -0.05) is 6.07 Å². The van der Waals surface area contributed by atoms with Gasteiger partial charge in [-0.15, -0.1) is 11.8 Å². The molecule has 2 rings (SSSR count). The Hall–Kier alpha value is -2.03. The Kier molecular flexibility index (Phi) is 6.33. The Morgan fingerprint density at radius 2 is 1.85 bits per heavy atom. The molecule has 0 unspecified atom stereocenters. The van der Waals surface area contributed by atoms with Gasteiger partial charge in [0.1, 0.15) is 5.75 Å². The first kappa shape index (κ1) is 20.3. The van der Waals surface area contributed by atoms with Crippen LogP contribution in [0.2, 0.25) is 0 Å². The van der Waals surface area contributed by atoms with Crippen molar-refractivity contribution in [1.82, 2.24) is 4.31 Å². The first-order chi connectivity index (χ1) is 12.2. The third-order valence-electron chi connectivity index (χ3n) is 3.89. The summed E-state index contributed by atoms with van der Waals surface area (Å²) in [5, 5.41) is 2.78. The van der Waals surface area contributed by atoms with Crippen LogP contribution in [0.3, 0.4) is 0 Å². The summed E-state index contributed by atoms with van der Waals surface area (Å²) in [4.78, 5) is 13.8. The monoisotopic (exact) mass is 394 g/mol. The average Bonchev–Trinajstić information content (AvgIpc) is 2.62. The fourth-order valence-corrected chi connectivity index (χ4v) is 3.64. The molecule has 1 N–H and O–H groups in total. The number of nitrogens with zero attached hydrogens (tertiary/aromatic N) is 1. The zero-order chi connectivity index (χ0) is 19.5. The smallest absolute Gasteiger partial charge is 0.259 e. The number of carbonyl (C=O) groups excluding carboxylic acids is 1. The van der Waals surface area contributed by atoms with E-state index < -0.39 is 10.0 Å². The molecule has 0 atom stereocenters. The van der Waals surface area contributed by atoms with Crippen molar-refractivity contribution in [2.75, 3.05) is 32.8 Å². The van der Waals surface area contributed by atoms with E-state index in [9.17, 15) is 13.2 Å². The lowest BCUT2D eigenvalue weighted by atomic mass is 10.1. The molecule has 0 aliphatic rings. The van der Waals surface area contributed by atoms with Gasteiger partial charge in [-0.2, -0.15) is 0 Å². The van der Waals surface area contributed by atoms with Gasteiger partial charge in [0.15, 0.2) is 0 Å². The van der Waals surface area contributed by atoms with Crippen molar-refractivity contribution >= 4 is 33.4 Å². The number of anilines is 1. The first-order valence-corrected chi connectivity index (χ1v) is 10.4. The van der Waals surface area contributed by atoms with Crippen molar-refractivity contribution in [3.05, 3.63) is 47.5 Å². The molecule has 8 heteroatoms. The summed E-state index contributed by atoms with van der Waals surface area (Å²) in [6.45, 7) is 1.80. The van der Waals surface area contributed by atoms with E-state index in [4.69, 9.17) is 4.74 Å². The van der Waals surface area contributed by atoms with Crippen molar-refractivity contribution in [2.45, 2.75) is 16.7 Å². The molecule has 6 nitrogen and oxygen atoms in total. The second-order valence-corrected chi connectivity index (χ2v) is 8.82. The lowest BCUT2D eigenvalue weighted by Gasteiger charge is -2.15. The molecular weight excluding hydrogens is 372 g/mol. The SMILES string of the molecule is COc1cc(SC)ccc1C(=O)Nc1cc(S(=O)(=O)N(C)C)ccc1C. The number of nitrogens with one attached hydrogen (secondary N) is 1. The summed E-state index contributed by atoms with van der Waals surface area (Å²) in [5.74, 6) is 0.0982. The minimum atomic E-state index is -3.58. The van der Waals surface area contributed by atoms with Crippen LogP contribution in [-0.4, -0.2) is 46.1 Å². The molecule has 0 saturated heterocycles. The van der Waals surface area contributed by atoms with Gasteiger partial charge in [0.05, 0.1) is 17.6 Å². The van der Waals surface area contributed by atoms with Crippen LogP contribution in [-0.2, 0) is 10.0 Å². The van der Waals surface area contributed by atoms with Gasteiger partial charge >= 0.3 is 0 Å². The van der Waals surface area contributed by atoms with Crippen LogP contribution in [0.25, 0.3) is 0 Å². The van der Waals surface area contributed by atoms with E-state index in [0.29, 0.717) is 17.0 Å². The second kappa shape index (κ2) is 8.11. The molecule has 140 valence electrons. The van der Waals surface area contributed by atoms with E-state index in [0.717, 1.165) is 14.8 Å². The number of methoxy groups -OCH3 is 1. The lowest BCUT2D eigenvalue weighted by molar-refractivity contribution is 0.102. The zero-order valence-electron chi connectivity index (χ0n) is 15.4. The summed E-state index contributed by atoms with van der Waals surface area (Å²) in [5.41, 5.74) is 1.58. The van der Waals surface area contributed by atoms with Crippen LogP contribution in [0.1, 0.15) is 15.9 Å². The third-order valence-corrected chi connectivity index (χ3v) is 6.43. The Labute approximate surface area is 158 Å². The maximum absolute atomic E-state index is 12.7. The van der Waals surface area contributed by atoms with Crippen molar-refractivity contribution < 1.29 is 17.9 Å². The van der Waals surface area contributed by atoms with E-state index in [-0.39, 0.29) is 10.8 Å². The van der Waals surface area contributed by atoms with Gasteiger partial charge in [-0.3, -0.25) is 4.79 Å². The number of hydrogen-bond donors (Lipinski definition) is 1. The molecule has 0 radical (unpaired) electrons. The predicted octanol–water partition coefficient (Wildman–Crippen LogP) is 3.23. The van der Waals surface area contributed by atoms with Crippen molar-refractivity contribution in [2.24, 2.45) is 0 Å². The molecule has 0 heterocycles. The summed E-state index contributed by atoms with van der Waals surface area (Å²) < 4.78 is 31.1. The van der Waals surface area contributed by atoms with Gasteiger partial charge in [0, 0.05) is 24.7 Å². The third kappa shape index (κ3) is 4.20. The van der Waals surface area contributed by atoms with Gasteiger partial charge in [-0.25, -0.2) is 12.7 Å². The molecule has 2 aromatic rings. The fourth-order valence-electron chi connectivity index (χ4n) is 2.28. The molecule has 1 amide bonds. The average molecular weight is 395 g/mol. The number of aryl methyl sites for hydroxylation is 1. The largest absolute Gasteiger partial charge is 0.496 e. The molecular formula is C18H22N2O4S2. The number of ether oxygens (including phenoxy) is 1. The zero-order valence-corrected chi connectivity index (χ0v) is 17.0. The number of amides is 1. The van der Waals surface area contributed by atoms with Gasteiger partial charge in [-0.05, 0) is 49.1 Å². The van der Waals surface area contributed by atoms with Gasteiger partial charge in [0.2, 0.25) is 10.0 Å². The first-order valence-electron chi connectivity index (χ1n) is 7.77. The van der Waals surface area contributed by atoms with E-state index in [1.807, 2.05) is 12.3 Å². The molecule has 2 aromatic carbocycles. The molecule has 0 saturated carbocycles. The maximum atomic E-state index is 12.7. The Bertz CT molecular complexity index is 925. The Balaban J connectivity index is 2.38. The highest BCUT2D eigenvalue weighted by Crippen LogP contribution is 2.27. The van der Waals surface area contributed by atoms with Crippen LogP contribution >= 0.6 is 11.8 Å². The minimum absolute atomic E-state index is 0.119. The molecule has 26 heavy (non-hydrogen) atoms. The number of benzene rings is 2. The highest BCUT2D eigenvalue weighted by Gasteiger charge is 2.20. The Morgan fingerprint density at radius 1 is 1.15 bits per heavy atom. The standard InChI is InChI=1S/C18H22N2O4S2/c1-12-6-8-14(26(22,23)20(2)3)11-16(12)19-18(21)15-9-7-13(25-5)10-17(15)24-4/h6-11H,1-5H3,(H,19,21). The highest BCUT2D eigenvalue weighted by atomic mass is 32.2. The number of rotatable bonds is 6. The summed E-state index contributed by atoms with van der Waals surface area (Å²) in [7, 11) is 0.850. The lowest BCUT2D eigenvalue weighted by Crippen LogP contribution is -2.22. The number of carbonyl (C=O) groups is 1. The van der Waals surface area contributed by atoms with Crippen LogP contribution in [0.15, 0.2) is 46.2 Å². The van der Waals surface area contributed by atoms with Gasteiger partial charge < -0.3 is 10.1 Å². The van der Waals surface area contributed by atoms with Crippen molar-refractivity contribution in [3.8, 4) is 5.75 Å². The molecule has 0 fully saturated rings. The van der Waals surface area contributed by atoms with Crippen LogP contribution < -0.4 is 10.1 Å². The normalized spacial score (nSPS) is 11.5. The number of thioether (sulfide) groups is 1. The van der Waals surface area contributed by atoms with Crippen LogP contribution in [0.4, 0.5) is 5.69 Å². The molecule has 0 aliphatic heterocycles. The van der Waals surface area contributed by atoms with Gasteiger partial charge in [0.25, 0.3) is 5.91 Å². The Morgan fingerprint density at radius 3 is 2.42 bits per heavy atom. The van der Waals surface area contributed by atoms with E-state index >= 15 is 0 Å². The quantitative estimate of drug-likeness (QED) is 0.762. The minimum Gasteiger partial charge on any atom is -0.496 e. The predicted molar refractivity (Wildman–Crippen MR) is 105 cm³/mol. The fraction of sp³-hybridized carbons (Fsp3) is 0.278. The van der Waals surface area contributed by atoms with Crippen LogP contribution in [0, 0.1) is 6.92 Å². The molecule has 0 bridgehead atoms. The second-order valence-electron chi connectivity index (χ2n) is 5.78. The number of sulfonamides is 1. The van der Waals surface area contributed by atoms with E-state index in [1.54, 1.807) is 36.9 Å². The topological polar surface area (TPSA) is 75.7 Å². The van der Waals surface area contributed by atoms with Crippen LogP contribution in [0.5, 0.6) is 5.75 Å².